The average Bonchev–Trinajstić information content (AvgIpc) is 2.78. The van der Waals surface area contributed by atoms with Crippen LogP contribution in [0.1, 0.15) is 65.5 Å². The summed E-state index contributed by atoms with van der Waals surface area (Å²) in [4.78, 5) is 27.9. The van der Waals surface area contributed by atoms with Crippen molar-refractivity contribution in [2.45, 2.75) is 78.4 Å². The maximum Gasteiger partial charge on any atom is 0.261 e. The molecule has 0 radical (unpaired) electrons. The highest BCUT2D eigenvalue weighted by Gasteiger charge is 2.30. The van der Waals surface area contributed by atoms with E-state index in [9.17, 15) is 14.0 Å². The minimum atomic E-state index is -0.655. The number of ether oxygens (including phenoxy) is 1. The fourth-order valence-corrected chi connectivity index (χ4v) is 3.58. The van der Waals surface area contributed by atoms with Gasteiger partial charge < -0.3 is 15.0 Å². The third-order valence-electron chi connectivity index (χ3n) is 5.70. The number of rotatable bonds is 10. The Morgan fingerprint density at radius 3 is 2.24 bits per heavy atom. The van der Waals surface area contributed by atoms with Gasteiger partial charge >= 0.3 is 0 Å². The van der Waals surface area contributed by atoms with Gasteiger partial charge in [0.15, 0.2) is 6.61 Å². The number of hydrogen-bond donors (Lipinski definition) is 1. The van der Waals surface area contributed by atoms with Crippen LogP contribution in [0.3, 0.4) is 0 Å². The molecular weight excluding hydrogens is 419 g/mol. The van der Waals surface area contributed by atoms with Gasteiger partial charge in [-0.05, 0) is 54.5 Å². The van der Waals surface area contributed by atoms with Gasteiger partial charge in [-0.15, -0.1) is 0 Å². The largest absolute Gasteiger partial charge is 0.483 e. The molecule has 0 spiro atoms. The fourth-order valence-electron chi connectivity index (χ4n) is 3.58. The van der Waals surface area contributed by atoms with Gasteiger partial charge in [0, 0.05) is 12.6 Å². The van der Waals surface area contributed by atoms with Gasteiger partial charge in [-0.1, -0.05) is 65.0 Å². The number of carbonyl (C=O) groups is 2. The molecule has 0 aromatic heterocycles. The SMILES string of the molecule is CC[C@H](C(=O)N[C@@H](C)CC)N(Cc1ccc(F)cc1)C(=O)COc1ccccc1C(C)(C)C. The van der Waals surface area contributed by atoms with Crippen LogP contribution in [0.2, 0.25) is 0 Å². The fraction of sp³-hybridized carbons (Fsp3) is 0.481. The summed E-state index contributed by atoms with van der Waals surface area (Å²) in [6.07, 6.45) is 1.24. The first-order valence-corrected chi connectivity index (χ1v) is 11.6. The van der Waals surface area contributed by atoms with Crippen LogP contribution >= 0.6 is 0 Å². The summed E-state index contributed by atoms with van der Waals surface area (Å²) in [6.45, 7) is 12.1. The molecule has 0 saturated heterocycles. The Balaban J connectivity index is 2.27. The molecule has 2 aromatic rings. The van der Waals surface area contributed by atoms with Gasteiger partial charge in [0.25, 0.3) is 5.91 Å². The molecule has 1 N–H and O–H groups in total. The molecular formula is C27H37FN2O3. The van der Waals surface area contributed by atoms with E-state index in [2.05, 4.69) is 26.1 Å². The Morgan fingerprint density at radius 1 is 1.03 bits per heavy atom. The Labute approximate surface area is 197 Å². The van der Waals surface area contributed by atoms with Gasteiger partial charge in [-0.25, -0.2) is 4.39 Å². The third kappa shape index (κ3) is 7.58. The first-order valence-electron chi connectivity index (χ1n) is 11.6. The Hall–Kier alpha value is -2.89. The quantitative estimate of drug-likeness (QED) is 0.533. The highest BCUT2D eigenvalue weighted by atomic mass is 19.1. The lowest BCUT2D eigenvalue weighted by Crippen LogP contribution is -2.51. The van der Waals surface area contributed by atoms with E-state index in [-0.39, 0.29) is 42.2 Å². The molecule has 0 fully saturated rings. The summed E-state index contributed by atoms with van der Waals surface area (Å²) in [5, 5.41) is 2.98. The molecule has 33 heavy (non-hydrogen) atoms. The van der Waals surface area contributed by atoms with Crippen molar-refractivity contribution in [1.82, 2.24) is 10.2 Å². The number of benzene rings is 2. The maximum absolute atomic E-state index is 13.4. The molecule has 0 aliphatic carbocycles. The minimum Gasteiger partial charge on any atom is -0.483 e. The first kappa shape index (κ1) is 26.4. The van der Waals surface area contributed by atoms with E-state index in [1.165, 1.54) is 17.0 Å². The predicted molar refractivity (Wildman–Crippen MR) is 130 cm³/mol. The first-order chi connectivity index (χ1) is 15.6. The molecule has 6 heteroatoms. The maximum atomic E-state index is 13.4. The van der Waals surface area contributed by atoms with Crippen LogP contribution in [0.25, 0.3) is 0 Å². The van der Waals surface area contributed by atoms with Crippen LogP contribution in [0.4, 0.5) is 4.39 Å². The second-order valence-electron chi connectivity index (χ2n) is 9.42. The van der Waals surface area contributed by atoms with Gasteiger partial charge in [-0.2, -0.15) is 0 Å². The van der Waals surface area contributed by atoms with Crippen LogP contribution < -0.4 is 10.1 Å². The van der Waals surface area contributed by atoms with E-state index in [1.54, 1.807) is 12.1 Å². The zero-order valence-electron chi connectivity index (χ0n) is 20.7. The Kier molecular flexibility index (Phi) is 9.44. The van der Waals surface area contributed by atoms with E-state index < -0.39 is 6.04 Å². The normalized spacial score (nSPS) is 13.2. The number of para-hydroxylation sites is 1. The smallest absolute Gasteiger partial charge is 0.261 e. The summed E-state index contributed by atoms with van der Waals surface area (Å²) in [5.74, 6) is -0.191. The van der Waals surface area contributed by atoms with Crippen molar-refractivity contribution in [3.8, 4) is 5.75 Å². The van der Waals surface area contributed by atoms with Crippen molar-refractivity contribution in [2.75, 3.05) is 6.61 Å². The molecule has 2 atom stereocenters. The van der Waals surface area contributed by atoms with Gasteiger partial charge in [0.05, 0.1) is 0 Å². The number of carbonyl (C=O) groups excluding carboxylic acids is 2. The lowest BCUT2D eigenvalue weighted by Gasteiger charge is -2.31. The average molecular weight is 457 g/mol. The van der Waals surface area contributed by atoms with E-state index in [1.807, 2.05) is 45.0 Å². The molecule has 0 bridgehead atoms. The second-order valence-corrected chi connectivity index (χ2v) is 9.42. The third-order valence-corrected chi connectivity index (χ3v) is 5.70. The number of nitrogens with one attached hydrogen (secondary N) is 1. The molecule has 0 saturated carbocycles. The summed E-state index contributed by atoms with van der Waals surface area (Å²) in [6, 6.07) is 13.0. The zero-order chi connectivity index (χ0) is 24.6. The summed E-state index contributed by atoms with van der Waals surface area (Å²) in [7, 11) is 0. The molecule has 2 amide bonds. The number of hydrogen-bond acceptors (Lipinski definition) is 3. The van der Waals surface area contributed by atoms with Crippen molar-refractivity contribution >= 4 is 11.8 Å². The molecule has 0 heterocycles. The van der Waals surface area contributed by atoms with Crippen LogP contribution in [-0.4, -0.2) is 35.4 Å². The number of amides is 2. The topological polar surface area (TPSA) is 58.6 Å². The standard InChI is InChI=1S/C27H37FN2O3/c1-7-19(3)29-26(32)23(8-2)30(17-20-13-15-21(28)16-14-20)25(31)18-33-24-12-10-9-11-22(24)27(4,5)6/h9-16,19,23H,7-8,17-18H2,1-6H3,(H,29,32)/t19-,23+/m0/s1. The van der Waals surface area contributed by atoms with Crippen molar-refractivity contribution in [3.63, 3.8) is 0 Å². The highest BCUT2D eigenvalue weighted by Crippen LogP contribution is 2.31. The summed E-state index contributed by atoms with van der Waals surface area (Å²) in [5.41, 5.74) is 1.61. The lowest BCUT2D eigenvalue weighted by atomic mass is 9.86. The van der Waals surface area contributed by atoms with Crippen LogP contribution in [0, 0.1) is 5.82 Å². The minimum absolute atomic E-state index is 0.00392. The van der Waals surface area contributed by atoms with E-state index in [4.69, 9.17) is 4.74 Å². The van der Waals surface area contributed by atoms with Crippen LogP contribution in [-0.2, 0) is 21.5 Å². The molecule has 2 aromatic carbocycles. The van der Waals surface area contributed by atoms with Crippen molar-refractivity contribution < 1.29 is 18.7 Å². The molecule has 2 rings (SSSR count). The summed E-state index contributed by atoms with van der Waals surface area (Å²) < 4.78 is 19.4. The Bertz CT molecular complexity index is 922. The molecule has 0 aliphatic heterocycles. The van der Waals surface area contributed by atoms with Crippen molar-refractivity contribution in [3.05, 3.63) is 65.5 Å². The van der Waals surface area contributed by atoms with Crippen LogP contribution in [0.15, 0.2) is 48.5 Å². The zero-order valence-corrected chi connectivity index (χ0v) is 20.7. The van der Waals surface area contributed by atoms with Gasteiger partial charge in [0.2, 0.25) is 5.91 Å². The number of nitrogens with zero attached hydrogens (tertiary/aromatic N) is 1. The lowest BCUT2D eigenvalue weighted by molar-refractivity contribution is -0.143. The highest BCUT2D eigenvalue weighted by molar-refractivity contribution is 5.88. The van der Waals surface area contributed by atoms with Crippen LogP contribution in [0.5, 0.6) is 5.75 Å². The predicted octanol–water partition coefficient (Wildman–Crippen LogP) is 5.22. The van der Waals surface area contributed by atoms with E-state index in [0.29, 0.717) is 12.2 Å². The van der Waals surface area contributed by atoms with E-state index >= 15 is 0 Å². The summed E-state index contributed by atoms with van der Waals surface area (Å²) >= 11 is 0. The van der Waals surface area contributed by atoms with Crippen molar-refractivity contribution in [1.29, 1.82) is 0 Å². The second kappa shape index (κ2) is 11.8. The molecule has 0 unspecified atom stereocenters. The molecule has 5 nitrogen and oxygen atoms in total. The van der Waals surface area contributed by atoms with Crippen molar-refractivity contribution in [2.24, 2.45) is 0 Å². The molecule has 180 valence electrons. The van der Waals surface area contributed by atoms with Gasteiger partial charge in [0.1, 0.15) is 17.6 Å². The van der Waals surface area contributed by atoms with Gasteiger partial charge in [-0.3, -0.25) is 9.59 Å². The van der Waals surface area contributed by atoms with E-state index in [0.717, 1.165) is 17.5 Å². The number of halogens is 1. The Morgan fingerprint density at radius 2 is 1.67 bits per heavy atom. The monoisotopic (exact) mass is 456 g/mol. The molecule has 0 aliphatic rings.